The van der Waals surface area contributed by atoms with Crippen molar-refractivity contribution in [3.05, 3.63) is 0 Å². The topological polar surface area (TPSA) is 15.3 Å². The maximum atomic E-state index is 3.56. The predicted molar refractivity (Wildman–Crippen MR) is 69.3 cm³/mol. The van der Waals surface area contributed by atoms with E-state index in [-0.39, 0.29) is 0 Å². The molecule has 0 aliphatic heterocycles. The third-order valence-electron chi connectivity index (χ3n) is 2.75. The molecule has 1 atom stereocenters. The Morgan fingerprint density at radius 1 is 1.13 bits per heavy atom. The number of likely N-dealkylation sites (N-methyl/N-ethyl adjacent to an activating group) is 2. The summed E-state index contributed by atoms with van der Waals surface area (Å²) in [6.45, 7) is 12.5. The minimum atomic E-state index is 0.678. The van der Waals surface area contributed by atoms with Crippen LogP contribution in [0.4, 0.5) is 0 Å². The van der Waals surface area contributed by atoms with Gasteiger partial charge in [0.15, 0.2) is 0 Å². The van der Waals surface area contributed by atoms with Gasteiger partial charge in [0.2, 0.25) is 0 Å². The molecule has 0 saturated carbocycles. The van der Waals surface area contributed by atoms with Crippen molar-refractivity contribution >= 4 is 0 Å². The molecule has 0 aliphatic carbocycles. The van der Waals surface area contributed by atoms with Gasteiger partial charge in [-0.2, -0.15) is 0 Å². The van der Waals surface area contributed by atoms with Crippen LogP contribution in [0.5, 0.6) is 0 Å². The van der Waals surface area contributed by atoms with Crippen LogP contribution in [0.3, 0.4) is 0 Å². The van der Waals surface area contributed by atoms with Crippen molar-refractivity contribution in [1.29, 1.82) is 0 Å². The molecule has 0 bridgehead atoms. The van der Waals surface area contributed by atoms with Gasteiger partial charge >= 0.3 is 0 Å². The van der Waals surface area contributed by atoms with Crippen LogP contribution in [0.25, 0.3) is 0 Å². The summed E-state index contributed by atoms with van der Waals surface area (Å²) in [5.41, 5.74) is 0. The summed E-state index contributed by atoms with van der Waals surface area (Å²) in [5.74, 6) is 0.816. The average molecular weight is 214 g/mol. The van der Waals surface area contributed by atoms with Crippen LogP contribution < -0.4 is 5.32 Å². The minimum absolute atomic E-state index is 0.678. The van der Waals surface area contributed by atoms with Crippen LogP contribution in [0.1, 0.15) is 47.0 Å². The summed E-state index contributed by atoms with van der Waals surface area (Å²) in [5, 5.41) is 3.56. The number of hydrogen-bond acceptors (Lipinski definition) is 2. The molecular formula is C13H30N2. The molecule has 1 unspecified atom stereocenters. The summed E-state index contributed by atoms with van der Waals surface area (Å²) in [6, 6.07) is 0.678. The zero-order chi connectivity index (χ0) is 11.7. The number of nitrogens with one attached hydrogen (secondary N) is 1. The zero-order valence-corrected chi connectivity index (χ0v) is 11.3. The van der Waals surface area contributed by atoms with E-state index in [1.54, 1.807) is 0 Å². The van der Waals surface area contributed by atoms with Crippen LogP contribution in [0.2, 0.25) is 0 Å². The number of nitrogens with zero attached hydrogens (tertiary/aromatic N) is 1. The maximum Gasteiger partial charge on any atom is 0.0194 e. The van der Waals surface area contributed by atoms with Crippen molar-refractivity contribution in [2.45, 2.75) is 53.0 Å². The fraction of sp³-hybridized carbons (Fsp3) is 1.00. The highest BCUT2D eigenvalue weighted by atomic mass is 15.1. The highest BCUT2D eigenvalue weighted by molar-refractivity contribution is 4.69. The molecule has 2 heteroatoms. The molecule has 0 aromatic rings. The first-order chi connectivity index (χ1) is 7.10. The first-order valence-electron chi connectivity index (χ1n) is 6.52. The number of hydrogen-bond donors (Lipinski definition) is 1. The third kappa shape index (κ3) is 8.88. The van der Waals surface area contributed by atoms with E-state index in [0.29, 0.717) is 6.04 Å². The van der Waals surface area contributed by atoms with Gasteiger partial charge in [-0.25, -0.2) is 0 Å². The van der Waals surface area contributed by atoms with Gasteiger partial charge in [0.25, 0.3) is 0 Å². The molecule has 15 heavy (non-hydrogen) atoms. The largest absolute Gasteiger partial charge is 0.313 e. The molecule has 0 heterocycles. The maximum absolute atomic E-state index is 3.56. The van der Waals surface area contributed by atoms with E-state index in [1.807, 2.05) is 0 Å². The molecule has 0 radical (unpaired) electrons. The summed E-state index contributed by atoms with van der Waals surface area (Å²) in [4.78, 5) is 2.46. The van der Waals surface area contributed by atoms with Crippen LogP contribution in [0.15, 0.2) is 0 Å². The number of rotatable bonds is 9. The zero-order valence-electron chi connectivity index (χ0n) is 11.3. The molecule has 2 nitrogen and oxygen atoms in total. The molecule has 0 aliphatic rings. The quantitative estimate of drug-likeness (QED) is 0.635. The SMILES string of the molecule is CCCC(CN(C)CCC(C)C)NCC. The third-order valence-corrected chi connectivity index (χ3v) is 2.75. The summed E-state index contributed by atoms with van der Waals surface area (Å²) in [6.07, 6.45) is 3.87. The van der Waals surface area contributed by atoms with Crippen molar-refractivity contribution in [3.63, 3.8) is 0 Å². The lowest BCUT2D eigenvalue weighted by Crippen LogP contribution is -2.39. The average Bonchev–Trinajstić information content (AvgIpc) is 2.15. The molecular weight excluding hydrogens is 184 g/mol. The lowest BCUT2D eigenvalue weighted by atomic mass is 10.1. The second-order valence-corrected chi connectivity index (χ2v) is 4.99. The Labute approximate surface area is 96.4 Å². The molecule has 1 N–H and O–H groups in total. The summed E-state index contributed by atoms with van der Waals surface area (Å²) < 4.78 is 0. The molecule has 0 aromatic carbocycles. The van der Waals surface area contributed by atoms with Crippen LogP contribution in [-0.4, -0.2) is 37.6 Å². The molecule has 0 rings (SSSR count). The molecule has 0 saturated heterocycles. The first-order valence-corrected chi connectivity index (χ1v) is 6.52. The van der Waals surface area contributed by atoms with E-state index in [0.717, 1.165) is 12.5 Å². The lowest BCUT2D eigenvalue weighted by Gasteiger charge is -2.25. The van der Waals surface area contributed by atoms with E-state index >= 15 is 0 Å². The Balaban J connectivity index is 3.72. The fourth-order valence-corrected chi connectivity index (χ4v) is 1.84. The second kappa shape index (κ2) is 9.17. The monoisotopic (exact) mass is 214 g/mol. The molecule has 0 amide bonds. The standard InChI is InChI=1S/C13H30N2/c1-6-8-13(14-7-2)11-15(5)10-9-12(3)4/h12-14H,6-11H2,1-5H3. The summed E-state index contributed by atoms with van der Waals surface area (Å²) in [7, 11) is 2.24. The molecule has 0 aromatic heterocycles. The fourth-order valence-electron chi connectivity index (χ4n) is 1.84. The van der Waals surface area contributed by atoms with Gasteiger partial charge in [-0.05, 0) is 38.9 Å². The Morgan fingerprint density at radius 3 is 2.27 bits per heavy atom. The van der Waals surface area contributed by atoms with E-state index in [2.05, 4.69) is 45.0 Å². The van der Waals surface area contributed by atoms with Gasteiger partial charge in [0, 0.05) is 12.6 Å². The van der Waals surface area contributed by atoms with Crippen LogP contribution in [0, 0.1) is 5.92 Å². The second-order valence-electron chi connectivity index (χ2n) is 4.99. The highest BCUT2D eigenvalue weighted by Gasteiger charge is 2.09. The Bertz CT molecular complexity index is 128. The van der Waals surface area contributed by atoms with E-state index in [4.69, 9.17) is 0 Å². The summed E-state index contributed by atoms with van der Waals surface area (Å²) >= 11 is 0. The molecule has 0 spiro atoms. The van der Waals surface area contributed by atoms with Gasteiger partial charge in [0.05, 0.1) is 0 Å². The van der Waals surface area contributed by atoms with Gasteiger partial charge < -0.3 is 10.2 Å². The van der Waals surface area contributed by atoms with Gasteiger partial charge in [-0.3, -0.25) is 0 Å². The predicted octanol–water partition coefficient (Wildman–Crippen LogP) is 2.74. The van der Waals surface area contributed by atoms with E-state index in [9.17, 15) is 0 Å². The minimum Gasteiger partial charge on any atom is -0.313 e. The Kier molecular flexibility index (Phi) is 9.12. The van der Waals surface area contributed by atoms with E-state index in [1.165, 1.54) is 32.4 Å². The van der Waals surface area contributed by atoms with Gasteiger partial charge in [-0.1, -0.05) is 34.1 Å². The van der Waals surface area contributed by atoms with Crippen molar-refractivity contribution in [2.75, 3.05) is 26.7 Å². The smallest absolute Gasteiger partial charge is 0.0194 e. The lowest BCUT2D eigenvalue weighted by molar-refractivity contribution is 0.267. The van der Waals surface area contributed by atoms with Gasteiger partial charge in [0.1, 0.15) is 0 Å². The van der Waals surface area contributed by atoms with Crippen molar-refractivity contribution in [1.82, 2.24) is 10.2 Å². The first kappa shape index (κ1) is 14.9. The highest BCUT2D eigenvalue weighted by Crippen LogP contribution is 2.03. The van der Waals surface area contributed by atoms with Crippen molar-refractivity contribution in [3.8, 4) is 0 Å². The van der Waals surface area contributed by atoms with E-state index < -0.39 is 0 Å². The van der Waals surface area contributed by atoms with Crippen molar-refractivity contribution < 1.29 is 0 Å². The Hall–Kier alpha value is -0.0800. The van der Waals surface area contributed by atoms with Crippen molar-refractivity contribution in [2.24, 2.45) is 5.92 Å². The van der Waals surface area contributed by atoms with Gasteiger partial charge in [-0.15, -0.1) is 0 Å². The Morgan fingerprint density at radius 2 is 1.80 bits per heavy atom. The molecule has 0 fully saturated rings. The van der Waals surface area contributed by atoms with Crippen LogP contribution in [-0.2, 0) is 0 Å². The normalized spacial score (nSPS) is 13.8. The molecule has 92 valence electrons. The van der Waals surface area contributed by atoms with Crippen LogP contribution >= 0.6 is 0 Å².